The van der Waals surface area contributed by atoms with Crippen molar-refractivity contribution in [1.29, 1.82) is 0 Å². The number of nitrogens with zero attached hydrogens (tertiary/aromatic N) is 1. The Balaban J connectivity index is 1.78. The van der Waals surface area contributed by atoms with Gasteiger partial charge in [0.15, 0.2) is 0 Å². The Kier molecular flexibility index (Phi) is 5.31. The third-order valence-electron chi connectivity index (χ3n) is 4.84. The molecule has 1 saturated heterocycles. The first kappa shape index (κ1) is 18.8. The van der Waals surface area contributed by atoms with Gasteiger partial charge in [0.2, 0.25) is 0 Å². The summed E-state index contributed by atoms with van der Waals surface area (Å²) >= 11 is 0. The van der Waals surface area contributed by atoms with Crippen LogP contribution in [0, 0.1) is 0 Å². The van der Waals surface area contributed by atoms with E-state index in [1.807, 2.05) is 51.7 Å². The fourth-order valence-corrected chi connectivity index (χ4v) is 3.86. The van der Waals surface area contributed by atoms with Gasteiger partial charge in [0.05, 0.1) is 12.1 Å². The van der Waals surface area contributed by atoms with Crippen molar-refractivity contribution in [3.63, 3.8) is 0 Å². The molecule has 4 nitrogen and oxygen atoms in total. The van der Waals surface area contributed by atoms with E-state index in [0.29, 0.717) is 0 Å². The van der Waals surface area contributed by atoms with Crippen LogP contribution in [0.5, 0.6) is 5.75 Å². The summed E-state index contributed by atoms with van der Waals surface area (Å²) in [6.45, 7) is 9.83. The molecule has 3 rings (SSSR count). The van der Waals surface area contributed by atoms with Gasteiger partial charge in [-0.25, -0.2) is 4.79 Å². The molecule has 0 aliphatic carbocycles. The van der Waals surface area contributed by atoms with E-state index in [4.69, 9.17) is 9.47 Å². The molecule has 2 bridgehead atoms. The molecule has 2 aliphatic rings. The molecular formula is C22H31NO3. The second-order valence-corrected chi connectivity index (χ2v) is 8.63. The zero-order chi connectivity index (χ0) is 18.9. The lowest BCUT2D eigenvalue weighted by Crippen LogP contribution is -2.53. The highest BCUT2D eigenvalue weighted by Gasteiger charge is 2.39. The Labute approximate surface area is 157 Å². The van der Waals surface area contributed by atoms with Crippen LogP contribution in [0.1, 0.15) is 65.9 Å². The van der Waals surface area contributed by atoms with E-state index in [1.54, 1.807) is 0 Å². The minimum Gasteiger partial charge on any atom is -0.491 e. The Morgan fingerprint density at radius 2 is 1.85 bits per heavy atom. The summed E-state index contributed by atoms with van der Waals surface area (Å²) in [5.41, 5.74) is 2.10. The number of piperidine rings is 1. The van der Waals surface area contributed by atoms with E-state index in [9.17, 15) is 4.79 Å². The highest BCUT2D eigenvalue weighted by Crippen LogP contribution is 2.38. The minimum absolute atomic E-state index is 0.138. The molecule has 0 radical (unpaired) electrons. The molecule has 26 heavy (non-hydrogen) atoms. The minimum atomic E-state index is -0.457. The largest absolute Gasteiger partial charge is 0.491 e. The third-order valence-corrected chi connectivity index (χ3v) is 4.84. The highest BCUT2D eigenvalue weighted by molar-refractivity contribution is 5.75. The molecule has 0 saturated carbocycles. The lowest BCUT2D eigenvalue weighted by molar-refractivity contribution is 0.0000854. The summed E-state index contributed by atoms with van der Waals surface area (Å²) in [6, 6.07) is 8.69. The highest BCUT2D eigenvalue weighted by atomic mass is 16.6. The second kappa shape index (κ2) is 7.34. The Bertz CT molecular complexity index is 670. The van der Waals surface area contributed by atoms with Gasteiger partial charge in [-0.05, 0) is 83.6 Å². The summed E-state index contributed by atoms with van der Waals surface area (Å²) in [5, 5.41) is 0. The third kappa shape index (κ3) is 4.40. The average Bonchev–Trinajstić information content (AvgIpc) is 2.52. The zero-order valence-electron chi connectivity index (χ0n) is 16.6. The maximum Gasteiger partial charge on any atom is 0.411 e. The maximum absolute atomic E-state index is 12.7. The maximum atomic E-state index is 12.7. The first-order chi connectivity index (χ1) is 12.2. The molecule has 1 aromatic rings. The molecule has 1 fully saturated rings. The summed E-state index contributed by atoms with van der Waals surface area (Å²) in [7, 11) is 0. The lowest BCUT2D eigenvalue weighted by atomic mass is 9.83. The van der Waals surface area contributed by atoms with E-state index in [1.165, 1.54) is 17.6 Å². The molecule has 0 spiro atoms. The van der Waals surface area contributed by atoms with Crippen LogP contribution < -0.4 is 4.74 Å². The number of rotatable bonds is 3. The number of carbonyl (C=O) groups is 1. The lowest BCUT2D eigenvalue weighted by Gasteiger charge is -2.45. The molecular weight excluding hydrogens is 326 g/mol. The predicted octanol–water partition coefficient (Wildman–Crippen LogP) is 5.42. The van der Waals surface area contributed by atoms with Gasteiger partial charge in [-0.1, -0.05) is 18.2 Å². The van der Waals surface area contributed by atoms with Gasteiger partial charge in [-0.2, -0.15) is 0 Å². The van der Waals surface area contributed by atoms with Crippen molar-refractivity contribution in [1.82, 2.24) is 4.90 Å². The van der Waals surface area contributed by atoms with Crippen LogP contribution in [0.3, 0.4) is 0 Å². The van der Waals surface area contributed by atoms with Gasteiger partial charge in [-0.3, -0.25) is 4.90 Å². The number of hydrogen-bond acceptors (Lipinski definition) is 3. The molecule has 2 heterocycles. The number of carbonyl (C=O) groups excluding carboxylic acids is 1. The van der Waals surface area contributed by atoms with Gasteiger partial charge < -0.3 is 9.47 Å². The monoisotopic (exact) mass is 357 g/mol. The number of hydrogen-bond donors (Lipinski definition) is 0. The molecule has 1 amide bonds. The van der Waals surface area contributed by atoms with E-state index >= 15 is 0 Å². The van der Waals surface area contributed by atoms with Crippen LogP contribution in [-0.2, 0) is 4.74 Å². The first-order valence-electron chi connectivity index (χ1n) is 9.72. The van der Waals surface area contributed by atoms with Crippen LogP contribution in [-0.4, -0.2) is 34.8 Å². The fraction of sp³-hybridized carbons (Fsp3) is 0.591. The van der Waals surface area contributed by atoms with Crippen molar-refractivity contribution in [3.8, 4) is 5.75 Å². The average molecular weight is 357 g/mol. The van der Waals surface area contributed by atoms with Crippen LogP contribution in [0.4, 0.5) is 4.79 Å². The normalized spacial score (nSPS) is 22.8. The molecule has 0 aromatic heterocycles. The molecule has 2 unspecified atom stereocenters. The second-order valence-electron chi connectivity index (χ2n) is 8.63. The van der Waals surface area contributed by atoms with Gasteiger partial charge >= 0.3 is 6.09 Å². The van der Waals surface area contributed by atoms with Crippen LogP contribution in [0.2, 0.25) is 0 Å². The van der Waals surface area contributed by atoms with Crippen molar-refractivity contribution in [3.05, 3.63) is 35.9 Å². The number of benzene rings is 1. The van der Waals surface area contributed by atoms with Gasteiger partial charge in [0, 0.05) is 6.04 Å². The summed E-state index contributed by atoms with van der Waals surface area (Å²) in [6.07, 6.45) is 6.37. The topological polar surface area (TPSA) is 38.8 Å². The van der Waals surface area contributed by atoms with Crippen molar-refractivity contribution in [2.24, 2.45) is 0 Å². The van der Waals surface area contributed by atoms with Crippen molar-refractivity contribution < 1.29 is 14.3 Å². The number of amides is 1. The standard InChI is InChI=1S/C22H31NO3/c1-15(2)25-20-11-9-16(10-12-20)17-13-18-7-6-8-19(14-17)23(18)21(24)26-22(3,4)5/h9-13,15,18-19H,6-8,14H2,1-5H3. The molecule has 2 aliphatic heterocycles. The Hall–Kier alpha value is -1.97. The summed E-state index contributed by atoms with van der Waals surface area (Å²) in [4.78, 5) is 14.6. The number of fused-ring (bicyclic) bond motifs is 2. The van der Waals surface area contributed by atoms with E-state index in [2.05, 4.69) is 18.2 Å². The van der Waals surface area contributed by atoms with Crippen LogP contribution >= 0.6 is 0 Å². The van der Waals surface area contributed by atoms with Crippen molar-refractivity contribution in [2.75, 3.05) is 0 Å². The van der Waals surface area contributed by atoms with Gasteiger partial charge in [-0.15, -0.1) is 0 Å². The van der Waals surface area contributed by atoms with Crippen LogP contribution in [0.25, 0.3) is 5.57 Å². The van der Waals surface area contributed by atoms with Crippen molar-refractivity contribution >= 4 is 11.7 Å². The Morgan fingerprint density at radius 3 is 2.42 bits per heavy atom. The zero-order valence-corrected chi connectivity index (χ0v) is 16.6. The predicted molar refractivity (Wildman–Crippen MR) is 104 cm³/mol. The molecule has 142 valence electrons. The quantitative estimate of drug-likeness (QED) is 0.725. The molecule has 1 aromatic carbocycles. The van der Waals surface area contributed by atoms with E-state index in [-0.39, 0.29) is 24.3 Å². The van der Waals surface area contributed by atoms with Crippen molar-refractivity contribution in [2.45, 2.75) is 84.1 Å². The van der Waals surface area contributed by atoms with Gasteiger partial charge in [0.25, 0.3) is 0 Å². The van der Waals surface area contributed by atoms with Crippen LogP contribution in [0.15, 0.2) is 30.3 Å². The number of ether oxygens (including phenoxy) is 2. The SMILES string of the molecule is CC(C)Oc1ccc(C2=CC3CCCC(C2)N3C(=O)OC(C)(C)C)cc1. The summed E-state index contributed by atoms with van der Waals surface area (Å²) < 4.78 is 11.4. The van der Waals surface area contributed by atoms with E-state index in [0.717, 1.165) is 25.0 Å². The molecule has 4 heteroatoms. The smallest absolute Gasteiger partial charge is 0.411 e. The fourth-order valence-electron chi connectivity index (χ4n) is 3.86. The van der Waals surface area contributed by atoms with E-state index < -0.39 is 5.60 Å². The summed E-state index contributed by atoms with van der Waals surface area (Å²) in [5.74, 6) is 0.899. The van der Waals surface area contributed by atoms with Gasteiger partial charge in [0.1, 0.15) is 11.4 Å². The molecule has 0 N–H and O–H groups in total. The molecule has 2 atom stereocenters. The Morgan fingerprint density at radius 1 is 1.15 bits per heavy atom. The first-order valence-corrected chi connectivity index (χ1v) is 9.72.